The van der Waals surface area contributed by atoms with Crippen LogP contribution in [0.1, 0.15) is 117 Å². The van der Waals surface area contributed by atoms with Crippen LogP contribution in [0.5, 0.6) is 0 Å². The number of sulfonamides is 1. The Balaban J connectivity index is 1.16. The van der Waals surface area contributed by atoms with Crippen LogP contribution < -0.4 is 30.9 Å². The minimum atomic E-state index is -3.81. The molecule has 20 heteroatoms. The number of rotatable bonds is 37. The summed E-state index contributed by atoms with van der Waals surface area (Å²) in [5.74, 6) is -2.57. The second-order valence-corrected chi connectivity index (χ2v) is 27.1. The molecule has 0 spiro atoms. The van der Waals surface area contributed by atoms with Crippen molar-refractivity contribution in [3.8, 4) is 11.1 Å². The maximum absolute atomic E-state index is 14.1. The Morgan fingerprint density at radius 3 is 1.54 bits per heavy atom. The molecule has 488 valence electrons. The monoisotopic (exact) mass is 1290 g/mol. The smallest absolute Gasteiger partial charge is 0.407 e. The molecule has 17 nitrogen and oxygen atoms in total. The van der Waals surface area contributed by atoms with E-state index in [-0.39, 0.29) is 35.5 Å². The van der Waals surface area contributed by atoms with Crippen molar-refractivity contribution in [2.75, 3.05) is 75.5 Å². The fourth-order valence-electron chi connectivity index (χ4n) is 10.1. The van der Waals surface area contributed by atoms with E-state index in [9.17, 15) is 42.6 Å². The van der Waals surface area contributed by atoms with Crippen molar-refractivity contribution >= 4 is 79.8 Å². The molecule has 7 N–H and O–H groups in total. The van der Waals surface area contributed by atoms with Crippen molar-refractivity contribution in [1.82, 2.24) is 26.0 Å². The van der Waals surface area contributed by atoms with Crippen LogP contribution in [-0.4, -0.2) is 143 Å². The van der Waals surface area contributed by atoms with Crippen molar-refractivity contribution in [1.29, 1.82) is 0 Å². The zero-order valence-corrected chi connectivity index (χ0v) is 56.4. The molecule has 0 fully saturated rings. The van der Waals surface area contributed by atoms with Gasteiger partial charge in [0.1, 0.15) is 30.8 Å². The number of methoxy groups -OCH3 is 1. The number of anilines is 1. The number of nitrogens with one attached hydrogen (secondary N) is 5. The Kier molecular flexibility index (Phi) is 31.2. The lowest BCUT2D eigenvalue weighted by Crippen LogP contribution is -2.60. The molecule has 0 bridgehead atoms. The summed E-state index contributed by atoms with van der Waals surface area (Å²) in [6, 6.07) is 21.0. The molecule has 1 aliphatic carbocycles. The molecule has 1 aliphatic rings. The number of aliphatic hydroxyl groups excluding tert-OH is 2. The third-order valence-electron chi connectivity index (χ3n) is 15.4. The van der Waals surface area contributed by atoms with Crippen molar-refractivity contribution in [2.45, 2.75) is 135 Å². The van der Waals surface area contributed by atoms with Crippen LogP contribution in [0.2, 0.25) is 0 Å². The number of amides is 4. The molecule has 4 aromatic rings. The minimum Gasteiger partial charge on any atom is -0.467 e. The molecular weight excluding hydrogens is 1200 g/mol. The second kappa shape index (κ2) is 38.0. The lowest BCUT2D eigenvalue weighted by atomic mass is 9.98. The standard InChI is InChI=1S/C70H94N6O11S3/c1-47(2)21-15-22-48(3)23-16-24-49(4)25-17-26-50(5)37-39-88-45-62(73-67(80)61(43-78)75-70(83)87-44-59-55-31-13-11-29-53(55)54-30-12-14-32-56(54)59)68(81)72-60(42-77)66(79)74-63(69(82)86-10)46-89-40-38-51(6)27-18-28-52(7)41-71-90(84,85)65-36-20-33-57-58(65)34-19-35-64(57)76(8)9/h11-14,19-21,23,25,28-38,59-63,71,77-78H,15-18,22,24,26-27,39-46H2,1-10H3,(H,72,81)(H,73,80)(H,74,79)(H,75,83)/b48-23+,49-25+,50-37+,51-38+,52-28+/t60-,61-,62-,63-/m0/s1. The molecule has 0 unspecified atom stereocenters. The second-order valence-electron chi connectivity index (χ2n) is 23.2. The minimum absolute atomic E-state index is 0.00114. The van der Waals surface area contributed by atoms with Gasteiger partial charge < -0.3 is 45.9 Å². The van der Waals surface area contributed by atoms with E-state index in [1.54, 1.807) is 12.1 Å². The number of benzene rings is 4. The molecule has 4 atom stereocenters. The van der Waals surface area contributed by atoms with Gasteiger partial charge in [0.2, 0.25) is 27.7 Å². The highest BCUT2D eigenvalue weighted by Gasteiger charge is 2.33. The molecule has 90 heavy (non-hydrogen) atoms. The average Bonchev–Trinajstić information content (AvgIpc) is 1.47. The molecule has 0 aliphatic heterocycles. The molecule has 0 saturated carbocycles. The van der Waals surface area contributed by atoms with Crippen molar-refractivity contribution in [3.05, 3.63) is 166 Å². The number of allylic oxidation sites excluding steroid dienone is 9. The Morgan fingerprint density at radius 2 is 1.01 bits per heavy atom. The molecule has 0 radical (unpaired) electrons. The van der Waals surface area contributed by atoms with Gasteiger partial charge in [0, 0.05) is 66.0 Å². The van der Waals surface area contributed by atoms with Gasteiger partial charge in [-0.05, 0) is 134 Å². The third kappa shape index (κ3) is 23.7. The van der Waals surface area contributed by atoms with E-state index in [1.807, 2.05) is 125 Å². The average molecular weight is 1290 g/mol. The zero-order chi connectivity index (χ0) is 65.8. The summed E-state index contributed by atoms with van der Waals surface area (Å²) in [7, 11) is 1.20. The molecule has 0 heterocycles. The van der Waals surface area contributed by atoms with E-state index in [2.05, 4.69) is 78.0 Å². The zero-order valence-electron chi connectivity index (χ0n) is 54.0. The first-order valence-corrected chi connectivity index (χ1v) is 34.4. The number of carbonyl (C=O) groups is 5. The Hall–Kier alpha value is -6.94. The van der Waals surface area contributed by atoms with Gasteiger partial charge in [-0.25, -0.2) is 22.7 Å². The van der Waals surface area contributed by atoms with Gasteiger partial charge in [-0.1, -0.05) is 143 Å². The fourth-order valence-corrected chi connectivity index (χ4v) is 13.4. The molecule has 5 rings (SSSR count). The Bertz CT molecular complexity index is 3340. The molecule has 4 amide bonds. The van der Waals surface area contributed by atoms with E-state index >= 15 is 0 Å². The number of carbonyl (C=O) groups excluding carboxylic acids is 5. The van der Waals surface area contributed by atoms with E-state index in [0.29, 0.717) is 29.7 Å². The van der Waals surface area contributed by atoms with E-state index in [4.69, 9.17) is 9.47 Å². The largest absolute Gasteiger partial charge is 0.467 e. The summed E-state index contributed by atoms with van der Waals surface area (Å²) in [4.78, 5) is 70.2. The summed E-state index contributed by atoms with van der Waals surface area (Å²) in [5, 5.41) is 32.5. The molecule has 0 saturated heterocycles. The van der Waals surface area contributed by atoms with Crippen LogP contribution in [0.4, 0.5) is 10.5 Å². The number of thioether (sulfide) groups is 2. The molecule has 4 aromatic carbocycles. The summed E-state index contributed by atoms with van der Waals surface area (Å²) in [6.45, 7) is 12.9. The summed E-state index contributed by atoms with van der Waals surface area (Å²) in [5.41, 5.74) is 12.1. The number of aliphatic hydroxyl groups is 2. The van der Waals surface area contributed by atoms with Gasteiger partial charge in [-0.15, -0.1) is 0 Å². The van der Waals surface area contributed by atoms with Crippen LogP contribution in [0.25, 0.3) is 21.9 Å². The van der Waals surface area contributed by atoms with E-state index in [0.717, 1.165) is 88.6 Å². The summed E-state index contributed by atoms with van der Waals surface area (Å²) < 4.78 is 40.3. The lowest BCUT2D eigenvalue weighted by molar-refractivity contribution is -0.144. The van der Waals surface area contributed by atoms with Crippen LogP contribution in [0, 0.1) is 0 Å². The van der Waals surface area contributed by atoms with E-state index < -0.39 is 77.2 Å². The van der Waals surface area contributed by atoms with Gasteiger partial charge >= 0.3 is 12.1 Å². The first-order valence-electron chi connectivity index (χ1n) is 30.6. The highest BCUT2D eigenvalue weighted by molar-refractivity contribution is 7.99. The summed E-state index contributed by atoms with van der Waals surface area (Å²) in [6.07, 6.45) is 19.1. The van der Waals surface area contributed by atoms with E-state index in [1.165, 1.54) is 47.4 Å². The molecular formula is C70H94N6O11S3. The number of esters is 1. The Morgan fingerprint density at radius 1 is 0.556 bits per heavy atom. The molecule has 0 aromatic heterocycles. The van der Waals surface area contributed by atoms with Crippen molar-refractivity contribution < 1.29 is 52.1 Å². The van der Waals surface area contributed by atoms with Crippen LogP contribution in [0.15, 0.2) is 160 Å². The summed E-state index contributed by atoms with van der Waals surface area (Å²) >= 11 is 2.69. The highest BCUT2D eigenvalue weighted by atomic mass is 32.2. The van der Waals surface area contributed by atoms with Gasteiger partial charge in [-0.3, -0.25) is 14.4 Å². The highest BCUT2D eigenvalue weighted by Crippen LogP contribution is 2.44. The topological polar surface area (TPSA) is 242 Å². The van der Waals surface area contributed by atoms with Crippen molar-refractivity contribution in [3.63, 3.8) is 0 Å². The number of hydrogen-bond donors (Lipinski definition) is 7. The number of hydrogen-bond acceptors (Lipinski definition) is 14. The van der Waals surface area contributed by atoms with Crippen LogP contribution in [-0.2, 0) is 38.7 Å². The number of ether oxygens (including phenoxy) is 2. The van der Waals surface area contributed by atoms with Gasteiger partial charge in [0.05, 0.1) is 25.2 Å². The lowest BCUT2D eigenvalue weighted by Gasteiger charge is -2.25. The maximum Gasteiger partial charge on any atom is 0.407 e. The number of alkyl carbamates (subject to hydrolysis) is 1. The Labute approximate surface area is 542 Å². The quantitative estimate of drug-likeness (QED) is 0.0126. The van der Waals surface area contributed by atoms with Gasteiger partial charge in [-0.2, -0.15) is 23.5 Å². The van der Waals surface area contributed by atoms with Gasteiger partial charge in [0.25, 0.3) is 0 Å². The fraction of sp³-hybridized carbons (Fsp3) is 0.443. The normalized spacial score (nSPS) is 14.4. The van der Waals surface area contributed by atoms with Gasteiger partial charge in [0.15, 0.2) is 0 Å². The number of nitrogens with zero attached hydrogens (tertiary/aromatic N) is 1. The van der Waals surface area contributed by atoms with Crippen molar-refractivity contribution in [2.24, 2.45) is 0 Å². The SMILES string of the molecule is COC(=O)[C@H](CSC/C=C(\C)CC/C=C(\C)CNS(=O)(=O)c1cccc2c(N(C)C)cccc12)NC(=O)[C@H](CO)NC(=O)[C@H](CSC/C=C(\C)CC/C=C(\C)CC/C=C(\C)CCC=C(C)C)NC(=O)[C@H](CO)NC(=O)OCC1c2ccccc2-c2ccccc21. The first kappa shape index (κ1) is 73.8. The maximum atomic E-state index is 14.1. The number of fused-ring (bicyclic) bond motifs is 4. The predicted molar refractivity (Wildman–Crippen MR) is 367 cm³/mol. The first-order chi connectivity index (χ1) is 43.1. The third-order valence-corrected chi connectivity index (χ3v) is 18.8. The van der Waals surface area contributed by atoms with Crippen LogP contribution >= 0.6 is 23.5 Å². The predicted octanol–water partition coefficient (Wildman–Crippen LogP) is 11.0. The van der Waals surface area contributed by atoms with Crippen LogP contribution in [0.3, 0.4) is 0 Å².